The molecular formula is C13H16N2O3S2. The quantitative estimate of drug-likeness (QED) is 0.919. The Morgan fingerprint density at radius 1 is 1.30 bits per heavy atom. The minimum atomic E-state index is -3.56. The molecule has 0 atom stereocenters. The Kier molecular flexibility index (Phi) is 4.42. The van der Waals surface area contributed by atoms with Gasteiger partial charge in [0.25, 0.3) is 0 Å². The standard InChI is InChI=1S/C13H16N2O3S2/c1-9-5-13(10(2)4-12(9)18-3)20(16,17)15-6-11-7-19-8-14-11/h4-5,7-8,15H,6H2,1-3H3. The van der Waals surface area contributed by atoms with Crippen molar-refractivity contribution < 1.29 is 13.2 Å². The first-order valence-electron chi connectivity index (χ1n) is 5.96. The van der Waals surface area contributed by atoms with Gasteiger partial charge in [-0.1, -0.05) is 0 Å². The van der Waals surface area contributed by atoms with Crippen LogP contribution in [0.15, 0.2) is 27.9 Å². The van der Waals surface area contributed by atoms with Crippen molar-refractivity contribution in [1.82, 2.24) is 9.71 Å². The number of nitrogens with zero attached hydrogens (tertiary/aromatic N) is 1. The van der Waals surface area contributed by atoms with Crippen molar-refractivity contribution in [2.24, 2.45) is 0 Å². The minimum Gasteiger partial charge on any atom is -0.496 e. The van der Waals surface area contributed by atoms with Gasteiger partial charge in [-0.25, -0.2) is 18.1 Å². The Balaban J connectivity index is 2.27. The van der Waals surface area contributed by atoms with Gasteiger partial charge in [-0.3, -0.25) is 0 Å². The Morgan fingerprint density at radius 2 is 2.05 bits per heavy atom. The number of methoxy groups -OCH3 is 1. The second kappa shape index (κ2) is 5.90. The third kappa shape index (κ3) is 3.17. The lowest BCUT2D eigenvalue weighted by Gasteiger charge is -2.12. The molecule has 1 aromatic heterocycles. The molecule has 0 saturated heterocycles. The van der Waals surface area contributed by atoms with E-state index in [9.17, 15) is 8.42 Å². The van der Waals surface area contributed by atoms with Crippen LogP contribution in [-0.2, 0) is 16.6 Å². The maximum absolute atomic E-state index is 12.3. The van der Waals surface area contributed by atoms with Crippen molar-refractivity contribution in [1.29, 1.82) is 0 Å². The fourth-order valence-corrected chi connectivity index (χ4v) is 3.71. The first-order chi connectivity index (χ1) is 9.44. The second-order valence-electron chi connectivity index (χ2n) is 4.39. The van der Waals surface area contributed by atoms with Crippen LogP contribution in [0.25, 0.3) is 0 Å². The van der Waals surface area contributed by atoms with E-state index >= 15 is 0 Å². The lowest BCUT2D eigenvalue weighted by molar-refractivity contribution is 0.411. The molecule has 0 saturated carbocycles. The number of ether oxygens (including phenoxy) is 1. The van der Waals surface area contributed by atoms with Gasteiger partial charge in [-0.15, -0.1) is 11.3 Å². The van der Waals surface area contributed by atoms with Crippen LogP contribution in [-0.4, -0.2) is 20.5 Å². The molecule has 5 nitrogen and oxygen atoms in total. The van der Waals surface area contributed by atoms with Crippen LogP contribution in [0.1, 0.15) is 16.8 Å². The SMILES string of the molecule is COc1cc(C)c(S(=O)(=O)NCc2cscn2)cc1C. The van der Waals surface area contributed by atoms with Gasteiger partial charge in [0.15, 0.2) is 0 Å². The number of hydrogen-bond acceptors (Lipinski definition) is 5. The van der Waals surface area contributed by atoms with Gasteiger partial charge in [0.1, 0.15) is 5.75 Å². The van der Waals surface area contributed by atoms with Gasteiger partial charge in [0.05, 0.1) is 29.8 Å². The van der Waals surface area contributed by atoms with Gasteiger partial charge < -0.3 is 4.74 Å². The summed E-state index contributed by atoms with van der Waals surface area (Å²) in [7, 11) is -1.99. The largest absolute Gasteiger partial charge is 0.496 e. The normalized spacial score (nSPS) is 11.6. The molecule has 2 rings (SSSR count). The summed E-state index contributed by atoms with van der Waals surface area (Å²) in [6.07, 6.45) is 0. The first-order valence-corrected chi connectivity index (χ1v) is 8.38. The highest BCUT2D eigenvalue weighted by atomic mass is 32.2. The molecule has 0 aliphatic rings. The number of nitrogens with one attached hydrogen (secondary N) is 1. The smallest absolute Gasteiger partial charge is 0.241 e. The maximum atomic E-state index is 12.3. The molecule has 7 heteroatoms. The summed E-state index contributed by atoms with van der Waals surface area (Å²) in [6, 6.07) is 3.35. The van der Waals surface area contributed by atoms with Crippen molar-refractivity contribution in [3.05, 3.63) is 39.8 Å². The van der Waals surface area contributed by atoms with E-state index < -0.39 is 10.0 Å². The predicted molar refractivity (Wildman–Crippen MR) is 78.6 cm³/mol. The molecule has 1 aromatic carbocycles. The van der Waals surface area contributed by atoms with E-state index in [1.807, 2.05) is 12.3 Å². The van der Waals surface area contributed by atoms with Crippen molar-refractivity contribution >= 4 is 21.4 Å². The van der Waals surface area contributed by atoms with Crippen molar-refractivity contribution in [3.63, 3.8) is 0 Å². The van der Waals surface area contributed by atoms with Gasteiger partial charge in [-0.05, 0) is 37.1 Å². The van der Waals surface area contributed by atoms with Crippen LogP contribution in [0.5, 0.6) is 5.75 Å². The number of rotatable bonds is 5. The average molecular weight is 312 g/mol. The Hall–Kier alpha value is -1.44. The molecule has 2 aromatic rings. The van der Waals surface area contributed by atoms with E-state index in [0.29, 0.717) is 17.0 Å². The molecule has 0 amide bonds. The van der Waals surface area contributed by atoms with Gasteiger partial charge in [0, 0.05) is 5.38 Å². The summed E-state index contributed by atoms with van der Waals surface area (Å²) in [5.41, 5.74) is 3.82. The fourth-order valence-electron chi connectivity index (χ4n) is 1.84. The summed E-state index contributed by atoms with van der Waals surface area (Å²) in [5, 5.41) is 1.81. The van der Waals surface area contributed by atoms with Crippen molar-refractivity contribution in [2.45, 2.75) is 25.3 Å². The lowest BCUT2D eigenvalue weighted by atomic mass is 10.1. The highest BCUT2D eigenvalue weighted by molar-refractivity contribution is 7.89. The zero-order valence-corrected chi connectivity index (χ0v) is 13.1. The summed E-state index contributed by atoms with van der Waals surface area (Å²) < 4.78 is 32.4. The summed E-state index contributed by atoms with van der Waals surface area (Å²) in [6.45, 7) is 3.76. The Bertz CT molecular complexity index is 695. The maximum Gasteiger partial charge on any atom is 0.241 e. The Morgan fingerprint density at radius 3 is 2.65 bits per heavy atom. The molecule has 108 valence electrons. The highest BCUT2D eigenvalue weighted by Crippen LogP contribution is 2.25. The van der Waals surface area contributed by atoms with E-state index in [0.717, 1.165) is 5.56 Å². The summed E-state index contributed by atoms with van der Waals surface area (Å²) in [4.78, 5) is 4.32. The second-order valence-corrected chi connectivity index (χ2v) is 6.85. The number of aryl methyl sites for hydroxylation is 2. The number of hydrogen-bond donors (Lipinski definition) is 1. The van der Waals surface area contributed by atoms with Gasteiger partial charge in [-0.2, -0.15) is 0 Å². The highest BCUT2D eigenvalue weighted by Gasteiger charge is 2.18. The topological polar surface area (TPSA) is 68.3 Å². The minimum absolute atomic E-state index is 0.191. The molecule has 0 bridgehead atoms. The molecule has 0 unspecified atom stereocenters. The molecule has 1 N–H and O–H groups in total. The number of benzene rings is 1. The van der Waals surface area contributed by atoms with E-state index in [1.54, 1.807) is 31.7 Å². The lowest BCUT2D eigenvalue weighted by Crippen LogP contribution is -2.24. The van der Waals surface area contributed by atoms with E-state index in [4.69, 9.17) is 4.74 Å². The number of sulfonamides is 1. The third-order valence-electron chi connectivity index (χ3n) is 2.91. The predicted octanol–water partition coefficient (Wildman–Crippen LogP) is 2.25. The van der Waals surface area contributed by atoms with Crippen LogP contribution in [0, 0.1) is 13.8 Å². The molecule has 1 heterocycles. The average Bonchev–Trinajstić information content (AvgIpc) is 2.92. The van der Waals surface area contributed by atoms with Gasteiger partial charge in [0.2, 0.25) is 10.0 Å². The van der Waals surface area contributed by atoms with E-state index in [1.165, 1.54) is 11.3 Å². The molecule has 0 radical (unpaired) electrons. The first kappa shape index (κ1) is 15.0. The van der Waals surface area contributed by atoms with Crippen LogP contribution in [0.2, 0.25) is 0 Å². The molecule has 0 aliphatic heterocycles. The van der Waals surface area contributed by atoms with E-state index in [2.05, 4.69) is 9.71 Å². The van der Waals surface area contributed by atoms with Crippen molar-refractivity contribution in [3.8, 4) is 5.75 Å². The third-order valence-corrected chi connectivity index (χ3v) is 5.09. The van der Waals surface area contributed by atoms with Crippen LogP contribution < -0.4 is 9.46 Å². The molecule has 0 aliphatic carbocycles. The van der Waals surface area contributed by atoms with Crippen LogP contribution >= 0.6 is 11.3 Å². The summed E-state index contributed by atoms with van der Waals surface area (Å²) >= 11 is 1.43. The van der Waals surface area contributed by atoms with Crippen molar-refractivity contribution in [2.75, 3.05) is 7.11 Å². The summed E-state index contributed by atoms with van der Waals surface area (Å²) in [5.74, 6) is 0.681. The monoisotopic (exact) mass is 312 g/mol. The molecule has 20 heavy (non-hydrogen) atoms. The molecule has 0 spiro atoms. The zero-order chi connectivity index (χ0) is 14.8. The number of aromatic nitrogens is 1. The molecular weight excluding hydrogens is 296 g/mol. The molecule has 0 fully saturated rings. The van der Waals surface area contributed by atoms with Crippen LogP contribution in [0.4, 0.5) is 0 Å². The van der Waals surface area contributed by atoms with Gasteiger partial charge >= 0.3 is 0 Å². The zero-order valence-electron chi connectivity index (χ0n) is 11.5. The van der Waals surface area contributed by atoms with Crippen LogP contribution in [0.3, 0.4) is 0 Å². The van der Waals surface area contributed by atoms with E-state index in [-0.39, 0.29) is 11.4 Å². The Labute approximate surface area is 122 Å². The fraction of sp³-hybridized carbons (Fsp3) is 0.308. The number of thiazole rings is 1.